The van der Waals surface area contributed by atoms with Crippen LogP contribution in [0.25, 0.3) is 11.0 Å². The van der Waals surface area contributed by atoms with Gasteiger partial charge < -0.3 is 14.3 Å². The zero-order valence-corrected chi connectivity index (χ0v) is 14.0. The Morgan fingerprint density at radius 2 is 2.00 bits per heavy atom. The lowest BCUT2D eigenvalue weighted by atomic mass is 10.1. The van der Waals surface area contributed by atoms with Gasteiger partial charge in [0, 0.05) is 17.0 Å². The van der Waals surface area contributed by atoms with Crippen molar-refractivity contribution >= 4 is 16.9 Å². The van der Waals surface area contributed by atoms with E-state index in [1.54, 1.807) is 19.1 Å². The van der Waals surface area contributed by atoms with Gasteiger partial charge in [-0.05, 0) is 36.6 Å². The van der Waals surface area contributed by atoms with Crippen LogP contribution < -0.4 is 5.63 Å². The molecule has 25 heavy (non-hydrogen) atoms. The Labute approximate surface area is 144 Å². The summed E-state index contributed by atoms with van der Waals surface area (Å²) in [6, 6.07) is 11.8. The third-order valence-corrected chi connectivity index (χ3v) is 4.12. The first-order valence-electron chi connectivity index (χ1n) is 8.01. The van der Waals surface area contributed by atoms with E-state index in [0.717, 1.165) is 17.4 Å². The number of aryl methyl sites for hydroxylation is 2. The molecule has 0 spiro atoms. The number of carbonyl (C=O) groups excluding carboxylic acids is 1. The summed E-state index contributed by atoms with van der Waals surface area (Å²) in [6.45, 7) is 3.63. The van der Waals surface area contributed by atoms with Crippen LogP contribution in [0.2, 0.25) is 0 Å². The van der Waals surface area contributed by atoms with Gasteiger partial charge in [-0.3, -0.25) is 0 Å². The van der Waals surface area contributed by atoms with E-state index < -0.39 is 11.6 Å². The molecule has 0 fully saturated rings. The van der Waals surface area contributed by atoms with Crippen molar-refractivity contribution in [3.63, 3.8) is 0 Å². The number of para-hydroxylation sites is 1. The topological polar surface area (TPSA) is 76.7 Å². The normalized spacial score (nSPS) is 10.8. The van der Waals surface area contributed by atoms with E-state index in [2.05, 4.69) is 0 Å². The van der Waals surface area contributed by atoms with E-state index in [1.165, 1.54) is 12.1 Å². The number of esters is 1. The number of aromatic hydroxyl groups is 1. The van der Waals surface area contributed by atoms with E-state index in [-0.39, 0.29) is 17.9 Å². The Bertz CT molecular complexity index is 1000. The second-order valence-electron chi connectivity index (χ2n) is 5.82. The fourth-order valence-corrected chi connectivity index (χ4v) is 2.66. The highest BCUT2D eigenvalue weighted by Crippen LogP contribution is 2.24. The Morgan fingerprint density at radius 1 is 1.20 bits per heavy atom. The average Bonchev–Trinajstić information content (AvgIpc) is 2.60. The molecule has 0 aliphatic rings. The summed E-state index contributed by atoms with van der Waals surface area (Å²) in [6.07, 6.45) is 0.825. The molecule has 0 aliphatic heterocycles. The highest BCUT2D eigenvalue weighted by molar-refractivity contribution is 5.93. The molecule has 128 valence electrons. The van der Waals surface area contributed by atoms with E-state index in [9.17, 15) is 14.7 Å². The minimum Gasteiger partial charge on any atom is -0.507 e. The van der Waals surface area contributed by atoms with Crippen molar-refractivity contribution in [1.29, 1.82) is 0 Å². The summed E-state index contributed by atoms with van der Waals surface area (Å²) in [5, 5.41) is 10.7. The minimum absolute atomic E-state index is 0.0835. The van der Waals surface area contributed by atoms with Gasteiger partial charge in [-0.2, -0.15) is 0 Å². The molecule has 0 saturated heterocycles. The lowest BCUT2D eigenvalue weighted by molar-refractivity contribution is 0.0470. The SMILES string of the molecule is CCc1ccc2c(COC(=O)c3cccc(C)c3O)cc(=O)oc2c1. The summed E-state index contributed by atoms with van der Waals surface area (Å²) in [5.74, 6) is -0.745. The van der Waals surface area contributed by atoms with Crippen LogP contribution in [0.3, 0.4) is 0 Å². The van der Waals surface area contributed by atoms with Crippen molar-refractivity contribution in [1.82, 2.24) is 0 Å². The summed E-state index contributed by atoms with van der Waals surface area (Å²) < 4.78 is 10.5. The largest absolute Gasteiger partial charge is 0.507 e. The van der Waals surface area contributed by atoms with Gasteiger partial charge in [0.2, 0.25) is 0 Å². The second kappa shape index (κ2) is 6.81. The number of benzene rings is 2. The van der Waals surface area contributed by atoms with E-state index >= 15 is 0 Å². The molecule has 2 aromatic carbocycles. The number of ether oxygens (including phenoxy) is 1. The van der Waals surface area contributed by atoms with Crippen LogP contribution in [0.15, 0.2) is 51.7 Å². The van der Waals surface area contributed by atoms with E-state index in [4.69, 9.17) is 9.15 Å². The van der Waals surface area contributed by atoms with Crippen LogP contribution in [-0.4, -0.2) is 11.1 Å². The zero-order chi connectivity index (χ0) is 18.0. The maximum absolute atomic E-state index is 12.2. The Hall–Kier alpha value is -3.08. The van der Waals surface area contributed by atoms with Crippen LogP contribution in [0, 0.1) is 6.92 Å². The molecule has 0 aliphatic carbocycles. The molecular formula is C20H18O5. The fourth-order valence-electron chi connectivity index (χ4n) is 2.66. The minimum atomic E-state index is -0.646. The van der Waals surface area contributed by atoms with Gasteiger partial charge in [0.05, 0.1) is 0 Å². The van der Waals surface area contributed by atoms with Crippen molar-refractivity contribution in [3.8, 4) is 5.75 Å². The van der Waals surface area contributed by atoms with E-state index in [0.29, 0.717) is 16.7 Å². The predicted octanol–water partition coefficient (Wildman–Crippen LogP) is 3.73. The number of phenolic OH excluding ortho intramolecular Hbond substituents is 1. The number of fused-ring (bicyclic) bond motifs is 1. The Balaban J connectivity index is 1.89. The molecule has 0 amide bonds. The number of hydrogen-bond acceptors (Lipinski definition) is 5. The monoisotopic (exact) mass is 338 g/mol. The van der Waals surface area contributed by atoms with Crippen molar-refractivity contribution < 1.29 is 19.1 Å². The maximum Gasteiger partial charge on any atom is 0.342 e. The Morgan fingerprint density at radius 3 is 2.76 bits per heavy atom. The molecule has 0 atom stereocenters. The molecule has 5 heteroatoms. The predicted molar refractivity (Wildman–Crippen MR) is 93.8 cm³/mol. The number of hydrogen-bond donors (Lipinski definition) is 1. The maximum atomic E-state index is 12.2. The number of phenols is 1. The van der Waals surface area contributed by atoms with Crippen LogP contribution in [0.5, 0.6) is 5.75 Å². The van der Waals surface area contributed by atoms with Gasteiger partial charge in [-0.1, -0.05) is 31.2 Å². The molecule has 3 rings (SSSR count). The van der Waals surface area contributed by atoms with Gasteiger partial charge in [0.25, 0.3) is 0 Å². The van der Waals surface area contributed by atoms with Crippen molar-refractivity contribution in [2.24, 2.45) is 0 Å². The zero-order valence-electron chi connectivity index (χ0n) is 14.0. The lowest BCUT2D eigenvalue weighted by Gasteiger charge is -2.09. The van der Waals surface area contributed by atoms with Crippen LogP contribution in [0.4, 0.5) is 0 Å². The average molecular weight is 338 g/mol. The summed E-state index contributed by atoms with van der Waals surface area (Å²) in [7, 11) is 0. The molecule has 5 nitrogen and oxygen atoms in total. The third-order valence-electron chi connectivity index (χ3n) is 4.12. The second-order valence-corrected chi connectivity index (χ2v) is 5.82. The summed E-state index contributed by atoms with van der Waals surface area (Å²) in [4.78, 5) is 24.0. The molecule has 0 saturated carbocycles. The summed E-state index contributed by atoms with van der Waals surface area (Å²) >= 11 is 0. The fraction of sp³-hybridized carbons (Fsp3) is 0.200. The first-order chi connectivity index (χ1) is 12.0. The van der Waals surface area contributed by atoms with Crippen LogP contribution in [0.1, 0.15) is 34.0 Å². The lowest BCUT2D eigenvalue weighted by Crippen LogP contribution is -2.08. The first-order valence-corrected chi connectivity index (χ1v) is 8.01. The molecule has 3 aromatic rings. The quantitative estimate of drug-likeness (QED) is 0.579. The highest BCUT2D eigenvalue weighted by Gasteiger charge is 2.15. The van der Waals surface area contributed by atoms with Crippen molar-refractivity contribution in [2.45, 2.75) is 26.9 Å². The standard InChI is InChI=1S/C20H18O5/c1-3-13-7-8-15-14(10-18(21)25-17(15)9-13)11-24-20(23)16-6-4-5-12(2)19(16)22/h4-10,22H,3,11H2,1-2H3. The molecule has 0 bridgehead atoms. The molecule has 0 radical (unpaired) electrons. The van der Waals surface area contributed by atoms with Gasteiger partial charge in [-0.25, -0.2) is 9.59 Å². The number of rotatable bonds is 4. The first kappa shape index (κ1) is 16.8. The molecule has 0 unspecified atom stereocenters. The van der Waals surface area contributed by atoms with Gasteiger partial charge in [0.15, 0.2) is 0 Å². The molecule has 1 aromatic heterocycles. The smallest absolute Gasteiger partial charge is 0.342 e. The highest BCUT2D eigenvalue weighted by atomic mass is 16.5. The molecule has 1 N–H and O–H groups in total. The van der Waals surface area contributed by atoms with Crippen molar-refractivity contribution in [3.05, 3.63) is 75.1 Å². The van der Waals surface area contributed by atoms with Crippen LogP contribution in [-0.2, 0) is 17.8 Å². The Kier molecular flexibility index (Phi) is 4.57. The van der Waals surface area contributed by atoms with Gasteiger partial charge >= 0.3 is 11.6 Å². The van der Waals surface area contributed by atoms with Gasteiger partial charge in [0.1, 0.15) is 23.5 Å². The van der Waals surface area contributed by atoms with Crippen molar-refractivity contribution in [2.75, 3.05) is 0 Å². The summed E-state index contributed by atoms with van der Waals surface area (Å²) in [5.41, 5.74) is 2.28. The number of carbonyl (C=O) groups is 1. The molecular weight excluding hydrogens is 320 g/mol. The van der Waals surface area contributed by atoms with Crippen LogP contribution >= 0.6 is 0 Å². The van der Waals surface area contributed by atoms with E-state index in [1.807, 2.05) is 25.1 Å². The van der Waals surface area contributed by atoms with Gasteiger partial charge in [-0.15, -0.1) is 0 Å². The molecule has 1 heterocycles. The third kappa shape index (κ3) is 3.40.